The van der Waals surface area contributed by atoms with E-state index in [-0.39, 0.29) is 35.2 Å². The lowest BCUT2D eigenvalue weighted by Gasteiger charge is -2.40. The van der Waals surface area contributed by atoms with Gasteiger partial charge in [-0.15, -0.1) is 12.4 Å². The predicted molar refractivity (Wildman–Crippen MR) is 60.1 cm³/mol. The number of hydrogen-bond acceptors (Lipinski definition) is 4. The van der Waals surface area contributed by atoms with Crippen LogP contribution in [-0.2, 0) is 14.6 Å². The van der Waals surface area contributed by atoms with Crippen LogP contribution in [0.15, 0.2) is 0 Å². The molecule has 0 saturated carbocycles. The molecule has 0 aromatic carbocycles. The lowest BCUT2D eigenvalue weighted by atomic mass is 9.83. The van der Waals surface area contributed by atoms with E-state index >= 15 is 0 Å². The monoisotopic (exact) mass is 253 g/mol. The van der Waals surface area contributed by atoms with Gasteiger partial charge in [-0.25, -0.2) is 8.42 Å². The Balaban J connectivity index is 0.00000112. The molecule has 6 heteroatoms. The smallest absolute Gasteiger partial charge is 0.150 e. The minimum Gasteiger partial charge on any atom is -0.310 e. The molecular weight excluding hydrogens is 238 g/mol. The first kappa shape index (κ1) is 12.9. The number of rotatable bonds is 0. The van der Waals surface area contributed by atoms with Crippen molar-refractivity contribution in [1.29, 1.82) is 0 Å². The van der Waals surface area contributed by atoms with Crippen molar-refractivity contribution in [2.45, 2.75) is 31.2 Å². The Morgan fingerprint density at radius 3 is 2.33 bits per heavy atom. The van der Waals surface area contributed by atoms with Crippen molar-refractivity contribution in [2.24, 2.45) is 0 Å². The largest absolute Gasteiger partial charge is 0.310 e. The Morgan fingerprint density at radius 2 is 1.80 bits per heavy atom. The zero-order chi connectivity index (χ0) is 10.2. The van der Waals surface area contributed by atoms with Crippen LogP contribution in [0, 0.1) is 0 Å². The van der Waals surface area contributed by atoms with Gasteiger partial charge in [-0.2, -0.15) is 0 Å². The summed E-state index contributed by atoms with van der Waals surface area (Å²) in [6.07, 6.45) is 2.30. The number of piperidine rings is 1. The third-order valence-corrected chi connectivity index (χ3v) is 4.87. The van der Waals surface area contributed by atoms with Gasteiger partial charge < -0.3 is 5.32 Å². The maximum Gasteiger partial charge on any atom is 0.150 e. The number of nitrogens with one attached hydrogen (secondary N) is 1. The summed E-state index contributed by atoms with van der Waals surface area (Å²) in [4.78, 5) is 11.3. The van der Waals surface area contributed by atoms with Gasteiger partial charge in [-0.3, -0.25) is 4.79 Å². The number of hydrogen-bond donors (Lipinski definition) is 1. The maximum absolute atomic E-state index is 11.3. The van der Waals surface area contributed by atoms with E-state index in [4.69, 9.17) is 0 Å². The molecule has 2 fully saturated rings. The highest BCUT2D eigenvalue weighted by Crippen LogP contribution is 2.29. The fourth-order valence-corrected chi connectivity index (χ4v) is 3.89. The molecule has 88 valence electrons. The highest BCUT2D eigenvalue weighted by molar-refractivity contribution is 7.91. The van der Waals surface area contributed by atoms with E-state index in [0.29, 0.717) is 32.2 Å². The molecule has 2 aliphatic rings. The molecule has 15 heavy (non-hydrogen) atoms. The van der Waals surface area contributed by atoms with Gasteiger partial charge in [0, 0.05) is 24.9 Å². The molecule has 0 radical (unpaired) electrons. The van der Waals surface area contributed by atoms with Crippen molar-refractivity contribution in [2.75, 3.05) is 18.1 Å². The minimum absolute atomic E-state index is 0. The van der Waals surface area contributed by atoms with Gasteiger partial charge in [0.15, 0.2) is 0 Å². The van der Waals surface area contributed by atoms with Crippen molar-refractivity contribution in [3.63, 3.8) is 0 Å². The Kier molecular flexibility index (Phi) is 3.79. The number of Topliss-reactive ketones (excluding diaryl/α,β-unsaturated/α-hetero) is 1. The first-order chi connectivity index (χ1) is 6.52. The molecule has 0 aromatic heterocycles. The Hall–Kier alpha value is -0.130. The van der Waals surface area contributed by atoms with E-state index in [2.05, 4.69) is 5.32 Å². The zero-order valence-electron chi connectivity index (χ0n) is 8.49. The molecule has 0 bridgehead atoms. The molecule has 2 heterocycles. The molecule has 2 aliphatic heterocycles. The molecule has 0 amide bonds. The van der Waals surface area contributed by atoms with Gasteiger partial charge in [0.05, 0.1) is 11.5 Å². The molecular formula is C9H16ClNO3S. The van der Waals surface area contributed by atoms with E-state index in [0.717, 1.165) is 0 Å². The van der Waals surface area contributed by atoms with Crippen LogP contribution in [-0.4, -0.2) is 37.8 Å². The summed E-state index contributed by atoms with van der Waals surface area (Å²) in [6.45, 7) is 0.707. The van der Waals surface area contributed by atoms with Crippen LogP contribution in [0.5, 0.6) is 0 Å². The number of ketones is 1. The third-order valence-electron chi connectivity index (χ3n) is 3.22. The van der Waals surface area contributed by atoms with Gasteiger partial charge >= 0.3 is 0 Å². The van der Waals surface area contributed by atoms with Crippen LogP contribution in [0.25, 0.3) is 0 Å². The number of sulfone groups is 1. The molecule has 1 spiro atoms. The van der Waals surface area contributed by atoms with E-state index in [1.807, 2.05) is 0 Å². The van der Waals surface area contributed by atoms with Gasteiger partial charge in [0.25, 0.3) is 0 Å². The topological polar surface area (TPSA) is 63.2 Å². The highest BCUT2D eigenvalue weighted by atomic mass is 35.5. The molecule has 0 aromatic rings. The summed E-state index contributed by atoms with van der Waals surface area (Å²) >= 11 is 0. The standard InChI is InChI=1S/C9H15NO3S.ClH/c11-8-1-4-10-9(7-8)2-5-14(12,13)6-3-9;/h10H,1-7H2;1H. The average molecular weight is 254 g/mol. The van der Waals surface area contributed by atoms with Crippen molar-refractivity contribution < 1.29 is 13.2 Å². The van der Waals surface area contributed by atoms with Crippen molar-refractivity contribution in [3.05, 3.63) is 0 Å². The highest BCUT2D eigenvalue weighted by Gasteiger charge is 2.40. The number of carbonyl (C=O) groups excluding carboxylic acids is 1. The fourth-order valence-electron chi connectivity index (χ4n) is 2.28. The van der Waals surface area contributed by atoms with Crippen LogP contribution in [0.3, 0.4) is 0 Å². The summed E-state index contributed by atoms with van der Waals surface area (Å²) in [6, 6.07) is 0. The Morgan fingerprint density at radius 1 is 1.20 bits per heavy atom. The normalized spacial score (nSPS) is 28.4. The van der Waals surface area contributed by atoms with E-state index < -0.39 is 9.84 Å². The van der Waals surface area contributed by atoms with Crippen molar-refractivity contribution in [3.8, 4) is 0 Å². The minimum atomic E-state index is -2.83. The summed E-state index contributed by atoms with van der Waals surface area (Å²) in [7, 11) is -2.83. The SMILES string of the molecule is Cl.O=C1CCNC2(CCS(=O)(=O)CC2)C1. The fraction of sp³-hybridized carbons (Fsp3) is 0.889. The van der Waals surface area contributed by atoms with Crippen LogP contribution in [0.4, 0.5) is 0 Å². The van der Waals surface area contributed by atoms with Crippen LogP contribution in [0.2, 0.25) is 0 Å². The van der Waals surface area contributed by atoms with Crippen LogP contribution >= 0.6 is 12.4 Å². The molecule has 0 aliphatic carbocycles. The Labute approximate surface area is 96.1 Å². The quantitative estimate of drug-likeness (QED) is 0.675. The summed E-state index contributed by atoms with van der Waals surface area (Å²) < 4.78 is 22.5. The second-order valence-electron chi connectivity index (χ2n) is 4.32. The Bertz CT molecular complexity index is 338. The third kappa shape index (κ3) is 2.92. The van der Waals surface area contributed by atoms with Gasteiger partial charge in [0.2, 0.25) is 0 Å². The first-order valence-electron chi connectivity index (χ1n) is 4.99. The number of carbonyl (C=O) groups is 1. The average Bonchev–Trinajstić information content (AvgIpc) is 2.12. The van der Waals surface area contributed by atoms with Crippen LogP contribution in [0.1, 0.15) is 25.7 Å². The second kappa shape index (κ2) is 4.39. The van der Waals surface area contributed by atoms with Gasteiger partial charge in [-0.05, 0) is 12.8 Å². The maximum atomic E-state index is 11.3. The van der Waals surface area contributed by atoms with E-state index in [1.165, 1.54) is 0 Å². The number of halogens is 1. The van der Waals surface area contributed by atoms with E-state index in [1.54, 1.807) is 0 Å². The molecule has 0 unspecified atom stereocenters. The lowest BCUT2D eigenvalue weighted by Crippen LogP contribution is -2.55. The lowest BCUT2D eigenvalue weighted by molar-refractivity contribution is -0.122. The molecule has 2 saturated heterocycles. The summed E-state index contributed by atoms with van der Waals surface area (Å²) in [5, 5.41) is 3.32. The molecule has 4 nitrogen and oxygen atoms in total. The molecule has 1 N–H and O–H groups in total. The second-order valence-corrected chi connectivity index (χ2v) is 6.63. The van der Waals surface area contributed by atoms with Gasteiger partial charge in [-0.1, -0.05) is 0 Å². The van der Waals surface area contributed by atoms with Crippen molar-refractivity contribution >= 4 is 28.0 Å². The summed E-state index contributed by atoms with van der Waals surface area (Å²) in [5.41, 5.74) is -0.194. The van der Waals surface area contributed by atoms with Gasteiger partial charge in [0.1, 0.15) is 15.6 Å². The first-order valence-corrected chi connectivity index (χ1v) is 6.81. The van der Waals surface area contributed by atoms with E-state index in [9.17, 15) is 13.2 Å². The summed E-state index contributed by atoms with van der Waals surface area (Å²) in [5.74, 6) is 0.726. The van der Waals surface area contributed by atoms with Crippen LogP contribution < -0.4 is 5.32 Å². The molecule has 0 atom stereocenters. The predicted octanol–water partition coefficient (Wildman–Crippen LogP) is 0.308. The zero-order valence-corrected chi connectivity index (χ0v) is 10.1. The molecule has 2 rings (SSSR count). The van der Waals surface area contributed by atoms with Crippen molar-refractivity contribution in [1.82, 2.24) is 5.32 Å².